The number of thioether (sulfide) groups is 1. The van der Waals surface area contributed by atoms with Crippen LogP contribution in [0.4, 0.5) is 5.69 Å². The van der Waals surface area contributed by atoms with Gasteiger partial charge in [-0.05, 0) is 30.0 Å². The molecule has 1 aliphatic rings. The number of nitrogens with one attached hydrogen (secondary N) is 1. The SMILES string of the molecule is COc1ccc(C)cc1NC(=O)CSc1nnc2c(n1)-c1cccc3cccc-2c13. The lowest BCUT2D eigenvalue weighted by Gasteiger charge is -2.10. The van der Waals surface area contributed by atoms with Crippen LogP contribution in [0.5, 0.6) is 5.75 Å². The minimum absolute atomic E-state index is 0.154. The van der Waals surface area contributed by atoms with Crippen molar-refractivity contribution in [1.29, 1.82) is 0 Å². The van der Waals surface area contributed by atoms with Crippen molar-refractivity contribution in [3.63, 3.8) is 0 Å². The van der Waals surface area contributed by atoms with E-state index in [4.69, 9.17) is 9.72 Å². The van der Waals surface area contributed by atoms with Crippen LogP contribution in [0.1, 0.15) is 5.56 Å². The fourth-order valence-electron chi connectivity index (χ4n) is 3.71. The van der Waals surface area contributed by atoms with Gasteiger partial charge in [0.2, 0.25) is 11.1 Å². The zero-order valence-corrected chi connectivity index (χ0v) is 17.3. The summed E-state index contributed by atoms with van der Waals surface area (Å²) in [6, 6.07) is 18.0. The Kier molecular flexibility index (Phi) is 4.59. The molecule has 0 aliphatic heterocycles. The highest BCUT2D eigenvalue weighted by molar-refractivity contribution is 7.99. The molecule has 1 amide bonds. The molecule has 1 aromatic heterocycles. The van der Waals surface area contributed by atoms with E-state index in [0.29, 0.717) is 16.6 Å². The van der Waals surface area contributed by atoms with Crippen LogP contribution in [0.3, 0.4) is 0 Å². The van der Waals surface area contributed by atoms with Gasteiger partial charge in [0.15, 0.2) is 0 Å². The lowest BCUT2D eigenvalue weighted by molar-refractivity contribution is -0.113. The van der Waals surface area contributed by atoms with Crippen LogP contribution in [0.2, 0.25) is 0 Å². The van der Waals surface area contributed by atoms with Gasteiger partial charge in [-0.15, -0.1) is 10.2 Å². The normalized spacial score (nSPS) is 11.4. The molecule has 0 fully saturated rings. The number of carbonyl (C=O) groups excluding carboxylic acids is 1. The highest BCUT2D eigenvalue weighted by Crippen LogP contribution is 2.44. The molecule has 0 saturated carbocycles. The van der Waals surface area contributed by atoms with Gasteiger partial charge in [0.1, 0.15) is 17.1 Å². The molecule has 148 valence electrons. The summed E-state index contributed by atoms with van der Waals surface area (Å²) in [7, 11) is 1.58. The number of carbonyl (C=O) groups is 1. The molecular weight excluding hydrogens is 396 g/mol. The van der Waals surface area contributed by atoms with E-state index in [1.165, 1.54) is 11.8 Å². The van der Waals surface area contributed by atoms with Gasteiger partial charge in [0, 0.05) is 16.5 Å². The van der Waals surface area contributed by atoms with Crippen LogP contribution in [0.25, 0.3) is 33.3 Å². The predicted octanol–water partition coefficient (Wildman–Crippen LogP) is 4.72. The van der Waals surface area contributed by atoms with E-state index in [2.05, 4.69) is 33.7 Å². The Hall–Kier alpha value is -3.45. The van der Waals surface area contributed by atoms with Gasteiger partial charge >= 0.3 is 0 Å². The number of aromatic nitrogens is 3. The third-order valence-corrected chi connectivity index (χ3v) is 5.88. The van der Waals surface area contributed by atoms with E-state index in [1.807, 2.05) is 43.3 Å². The number of benzene rings is 3. The summed E-state index contributed by atoms with van der Waals surface area (Å²) >= 11 is 1.26. The zero-order valence-electron chi connectivity index (χ0n) is 16.5. The van der Waals surface area contributed by atoms with Gasteiger partial charge in [0.25, 0.3) is 0 Å². The Bertz CT molecular complexity index is 1300. The molecule has 1 N–H and O–H groups in total. The van der Waals surface area contributed by atoms with Crippen molar-refractivity contribution in [2.75, 3.05) is 18.2 Å². The average molecular weight is 414 g/mol. The number of hydrogen-bond acceptors (Lipinski definition) is 6. The van der Waals surface area contributed by atoms with E-state index in [0.717, 1.165) is 38.9 Å². The largest absolute Gasteiger partial charge is 0.495 e. The standard InChI is InChI=1S/C23H18N4O2S/c1-13-9-10-18(29-2)17(11-13)24-19(28)12-30-23-25-21-15-7-3-5-14-6-4-8-16(20(14)15)22(21)26-27-23/h3-11H,12H2,1-2H3,(H,24,28). The van der Waals surface area contributed by atoms with Crippen LogP contribution < -0.4 is 10.1 Å². The number of methoxy groups -OCH3 is 1. The number of fused-ring (bicyclic) bond motifs is 3. The predicted molar refractivity (Wildman–Crippen MR) is 119 cm³/mol. The Morgan fingerprint density at radius 1 is 1.03 bits per heavy atom. The summed E-state index contributed by atoms with van der Waals surface area (Å²) in [6.45, 7) is 1.96. The minimum Gasteiger partial charge on any atom is -0.495 e. The van der Waals surface area contributed by atoms with Gasteiger partial charge in [0.05, 0.1) is 18.6 Å². The van der Waals surface area contributed by atoms with Crippen LogP contribution in [0.15, 0.2) is 59.8 Å². The monoisotopic (exact) mass is 414 g/mol. The lowest BCUT2D eigenvalue weighted by Crippen LogP contribution is -2.15. The second-order valence-corrected chi connectivity index (χ2v) is 7.98. The molecule has 0 saturated heterocycles. The second-order valence-electron chi connectivity index (χ2n) is 7.04. The lowest BCUT2D eigenvalue weighted by atomic mass is 10.0. The molecular formula is C23H18N4O2S. The molecule has 6 nitrogen and oxygen atoms in total. The van der Waals surface area contributed by atoms with Crippen LogP contribution in [-0.4, -0.2) is 34.0 Å². The number of rotatable bonds is 5. The molecule has 0 spiro atoms. The molecule has 0 bridgehead atoms. The first-order valence-corrected chi connectivity index (χ1v) is 10.5. The molecule has 4 aromatic rings. The van der Waals surface area contributed by atoms with Crippen LogP contribution >= 0.6 is 11.8 Å². The zero-order chi connectivity index (χ0) is 20.7. The number of nitrogens with zero attached hydrogens (tertiary/aromatic N) is 3. The first-order valence-electron chi connectivity index (χ1n) is 9.48. The summed E-state index contributed by atoms with van der Waals surface area (Å²) < 4.78 is 5.32. The highest BCUT2D eigenvalue weighted by atomic mass is 32.2. The minimum atomic E-state index is -0.154. The summed E-state index contributed by atoms with van der Waals surface area (Å²) in [5.41, 5.74) is 5.42. The maximum atomic E-state index is 12.5. The van der Waals surface area contributed by atoms with Crippen LogP contribution in [-0.2, 0) is 4.79 Å². The molecule has 3 aromatic carbocycles. The number of ether oxygens (including phenoxy) is 1. The fourth-order valence-corrected chi connectivity index (χ4v) is 4.30. The Morgan fingerprint density at radius 3 is 2.57 bits per heavy atom. The molecule has 7 heteroatoms. The van der Waals surface area contributed by atoms with Gasteiger partial charge in [-0.25, -0.2) is 4.98 Å². The second kappa shape index (κ2) is 7.42. The third-order valence-electron chi connectivity index (χ3n) is 5.04. The summed E-state index contributed by atoms with van der Waals surface area (Å²) in [5.74, 6) is 0.646. The molecule has 5 rings (SSSR count). The molecule has 1 aliphatic carbocycles. The van der Waals surface area contributed by atoms with Crippen molar-refractivity contribution in [2.24, 2.45) is 0 Å². The van der Waals surface area contributed by atoms with Crippen molar-refractivity contribution in [2.45, 2.75) is 12.1 Å². The van der Waals surface area contributed by atoms with E-state index < -0.39 is 0 Å². The number of anilines is 1. The van der Waals surface area contributed by atoms with Gasteiger partial charge in [-0.2, -0.15) is 0 Å². The summed E-state index contributed by atoms with van der Waals surface area (Å²) in [6.07, 6.45) is 0. The van der Waals surface area contributed by atoms with E-state index in [1.54, 1.807) is 7.11 Å². The Balaban J connectivity index is 1.35. The maximum absolute atomic E-state index is 12.5. The quantitative estimate of drug-likeness (QED) is 0.419. The first kappa shape index (κ1) is 18.6. The number of aryl methyl sites for hydroxylation is 1. The smallest absolute Gasteiger partial charge is 0.234 e. The molecule has 0 unspecified atom stereocenters. The Morgan fingerprint density at radius 2 is 1.80 bits per heavy atom. The van der Waals surface area contributed by atoms with E-state index in [-0.39, 0.29) is 11.7 Å². The average Bonchev–Trinajstić information content (AvgIpc) is 3.08. The molecule has 0 atom stereocenters. The highest BCUT2D eigenvalue weighted by Gasteiger charge is 2.25. The maximum Gasteiger partial charge on any atom is 0.234 e. The summed E-state index contributed by atoms with van der Waals surface area (Å²) in [4.78, 5) is 17.2. The van der Waals surface area contributed by atoms with Crippen molar-refractivity contribution in [3.8, 4) is 28.3 Å². The van der Waals surface area contributed by atoms with Crippen molar-refractivity contribution in [3.05, 3.63) is 60.2 Å². The number of amides is 1. The fraction of sp³-hybridized carbons (Fsp3) is 0.130. The van der Waals surface area contributed by atoms with Gasteiger partial charge in [-0.3, -0.25) is 4.79 Å². The van der Waals surface area contributed by atoms with Crippen molar-refractivity contribution in [1.82, 2.24) is 15.2 Å². The molecule has 0 radical (unpaired) electrons. The van der Waals surface area contributed by atoms with Crippen molar-refractivity contribution >= 4 is 34.1 Å². The topological polar surface area (TPSA) is 77.0 Å². The molecule has 1 heterocycles. The van der Waals surface area contributed by atoms with Gasteiger partial charge in [-0.1, -0.05) is 54.2 Å². The molecule has 30 heavy (non-hydrogen) atoms. The Labute approximate surface area is 177 Å². The first-order chi connectivity index (χ1) is 14.6. The third kappa shape index (κ3) is 3.17. The van der Waals surface area contributed by atoms with Gasteiger partial charge < -0.3 is 10.1 Å². The van der Waals surface area contributed by atoms with E-state index in [9.17, 15) is 4.79 Å². The van der Waals surface area contributed by atoms with Crippen LogP contribution in [0, 0.1) is 6.92 Å². The summed E-state index contributed by atoms with van der Waals surface area (Å²) in [5, 5.41) is 14.3. The number of hydrogen-bond donors (Lipinski definition) is 1. The van der Waals surface area contributed by atoms with E-state index >= 15 is 0 Å². The van der Waals surface area contributed by atoms with Crippen molar-refractivity contribution < 1.29 is 9.53 Å².